The Kier molecular flexibility index (Phi) is 2.59. The summed E-state index contributed by atoms with van der Waals surface area (Å²) in [5.41, 5.74) is -0.0443. The van der Waals surface area contributed by atoms with Crippen LogP contribution in [0.1, 0.15) is 33.6 Å². The average molecular weight is 239 g/mol. The van der Waals surface area contributed by atoms with Crippen LogP contribution < -0.4 is 0 Å². The molecule has 0 spiro atoms. The van der Waals surface area contributed by atoms with Gasteiger partial charge >= 0.3 is 0 Å². The maximum absolute atomic E-state index is 10.7. The van der Waals surface area contributed by atoms with E-state index in [4.69, 9.17) is 4.74 Å². The van der Waals surface area contributed by atoms with Crippen LogP contribution in [0, 0.1) is 17.3 Å². The van der Waals surface area contributed by atoms with E-state index in [0.29, 0.717) is 11.5 Å². The fraction of sp³-hybridized carbons (Fsp3) is 1.00. The zero-order valence-corrected chi connectivity index (χ0v) is 11.3. The van der Waals surface area contributed by atoms with Gasteiger partial charge in [0.25, 0.3) is 0 Å². The van der Waals surface area contributed by atoms with E-state index in [1.807, 2.05) is 6.92 Å². The molecule has 4 atom stereocenters. The summed E-state index contributed by atoms with van der Waals surface area (Å²) in [5, 5.41) is 10.7. The largest absolute Gasteiger partial charge is 0.389 e. The number of nitrogens with zero attached hydrogens (tertiary/aromatic N) is 1. The van der Waals surface area contributed by atoms with Crippen LogP contribution in [0.25, 0.3) is 0 Å². The fourth-order valence-corrected chi connectivity index (χ4v) is 4.24. The van der Waals surface area contributed by atoms with Gasteiger partial charge in [-0.2, -0.15) is 0 Å². The second-order valence-electron chi connectivity index (χ2n) is 7.00. The molecule has 3 nitrogen and oxygen atoms in total. The Morgan fingerprint density at radius 1 is 1.12 bits per heavy atom. The zero-order chi connectivity index (χ0) is 12.3. The molecule has 0 unspecified atom stereocenters. The van der Waals surface area contributed by atoms with Gasteiger partial charge in [-0.15, -0.1) is 0 Å². The highest BCUT2D eigenvalue weighted by atomic mass is 16.5. The van der Waals surface area contributed by atoms with E-state index in [0.717, 1.165) is 44.6 Å². The third kappa shape index (κ3) is 1.83. The predicted octanol–water partition coefficient (Wildman–Crippen LogP) is 1.50. The Hall–Kier alpha value is -0.120. The molecule has 1 aliphatic heterocycles. The Bertz CT molecular complexity index is 307. The first-order valence-electron chi connectivity index (χ1n) is 6.97. The lowest BCUT2D eigenvalue weighted by atomic mass is 9.80. The predicted molar refractivity (Wildman–Crippen MR) is 66.8 cm³/mol. The van der Waals surface area contributed by atoms with Crippen molar-refractivity contribution in [2.45, 2.75) is 45.3 Å². The topological polar surface area (TPSA) is 32.7 Å². The average Bonchev–Trinajstić information content (AvgIpc) is 2.78. The van der Waals surface area contributed by atoms with Gasteiger partial charge in [0, 0.05) is 19.1 Å². The molecule has 0 radical (unpaired) electrons. The van der Waals surface area contributed by atoms with E-state index >= 15 is 0 Å². The van der Waals surface area contributed by atoms with Crippen molar-refractivity contribution >= 4 is 0 Å². The molecule has 0 bridgehead atoms. The second-order valence-corrected chi connectivity index (χ2v) is 7.00. The van der Waals surface area contributed by atoms with Crippen molar-refractivity contribution in [3.05, 3.63) is 0 Å². The number of hydrogen-bond acceptors (Lipinski definition) is 3. The summed E-state index contributed by atoms with van der Waals surface area (Å²) < 4.78 is 5.41. The van der Waals surface area contributed by atoms with Crippen molar-refractivity contribution in [1.82, 2.24) is 4.90 Å². The lowest BCUT2D eigenvalue weighted by Crippen LogP contribution is -2.56. The molecule has 1 saturated heterocycles. The van der Waals surface area contributed by atoms with Gasteiger partial charge < -0.3 is 9.84 Å². The number of morpholine rings is 1. The Balaban J connectivity index is 1.75. The Labute approximate surface area is 104 Å². The van der Waals surface area contributed by atoms with Gasteiger partial charge in [0.2, 0.25) is 0 Å². The van der Waals surface area contributed by atoms with E-state index in [1.165, 1.54) is 6.42 Å². The van der Waals surface area contributed by atoms with E-state index in [2.05, 4.69) is 18.7 Å². The van der Waals surface area contributed by atoms with Crippen molar-refractivity contribution in [3.8, 4) is 0 Å². The molecular weight excluding hydrogens is 214 g/mol. The van der Waals surface area contributed by atoms with Crippen LogP contribution in [0.4, 0.5) is 0 Å². The SMILES string of the molecule is CC1(C)[C@@H]2C[C@@H](N3CCOCC3)[C@](C)(O)C[C@@H]21. The summed E-state index contributed by atoms with van der Waals surface area (Å²) in [6.45, 7) is 10.4. The van der Waals surface area contributed by atoms with E-state index in [1.54, 1.807) is 0 Å². The molecule has 0 amide bonds. The minimum atomic E-state index is -0.508. The zero-order valence-electron chi connectivity index (χ0n) is 11.3. The number of aliphatic hydroxyl groups is 1. The van der Waals surface area contributed by atoms with Gasteiger partial charge in [-0.05, 0) is 37.0 Å². The molecule has 17 heavy (non-hydrogen) atoms. The van der Waals surface area contributed by atoms with Crippen molar-refractivity contribution in [1.29, 1.82) is 0 Å². The van der Waals surface area contributed by atoms with Crippen LogP contribution >= 0.6 is 0 Å². The van der Waals surface area contributed by atoms with Crippen molar-refractivity contribution in [2.24, 2.45) is 17.3 Å². The van der Waals surface area contributed by atoms with E-state index in [9.17, 15) is 5.11 Å². The van der Waals surface area contributed by atoms with Gasteiger partial charge in [0.1, 0.15) is 0 Å². The summed E-state index contributed by atoms with van der Waals surface area (Å²) in [6, 6.07) is 0.342. The molecule has 2 saturated carbocycles. The molecule has 3 fully saturated rings. The normalized spacial score (nSPS) is 49.8. The van der Waals surface area contributed by atoms with Crippen molar-refractivity contribution in [2.75, 3.05) is 26.3 Å². The third-order valence-electron chi connectivity index (χ3n) is 5.60. The second kappa shape index (κ2) is 3.69. The highest BCUT2D eigenvalue weighted by molar-refractivity contribution is 5.14. The standard InChI is InChI=1S/C14H25NO2/c1-13(2)10-8-12(14(3,16)9-11(10)13)15-4-6-17-7-5-15/h10-12,16H,4-9H2,1-3H3/t10-,11+,12-,14-/m1/s1. The lowest BCUT2D eigenvalue weighted by Gasteiger charge is -2.45. The molecule has 0 aromatic carbocycles. The maximum atomic E-state index is 10.7. The highest BCUT2D eigenvalue weighted by Gasteiger charge is 2.64. The molecule has 3 aliphatic rings. The summed E-state index contributed by atoms with van der Waals surface area (Å²) in [4.78, 5) is 2.45. The highest BCUT2D eigenvalue weighted by Crippen LogP contribution is 2.66. The number of rotatable bonds is 1. The first kappa shape index (κ1) is 11.9. The van der Waals surface area contributed by atoms with Crippen molar-refractivity contribution < 1.29 is 9.84 Å². The minimum Gasteiger partial charge on any atom is -0.389 e. The first-order valence-corrected chi connectivity index (χ1v) is 6.97. The monoisotopic (exact) mass is 239 g/mol. The molecule has 0 aromatic heterocycles. The van der Waals surface area contributed by atoms with Gasteiger partial charge in [0.15, 0.2) is 0 Å². The lowest BCUT2D eigenvalue weighted by molar-refractivity contribution is -0.0890. The third-order valence-corrected chi connectivity index (χ3v) is 5.60. The van der Waals surface area contributed by atoms with Crippen LogP contribution in [-0.4, -0.2) is 48.0 Å². The molecule has 1 N–H and O–H groups in total. The van der Waals surface area contributed by atoms with Gasteiger partial charge in [-0.3, -0.25) is 4.90 Å². The number of ether oxygens (including phenoxy) is 1. The number of fused-ring (bicyclic) bond motifs is 1. The van der Waals surface area contributed by atoms with Crippen molar-refractivity contribution in [3.63, 3.8) is 0 Å². The summed E-state index contributed by atoms with van der Waals surface area (Å²) >= 11 is 0. The van der Waals surface area contributed by atoms with Gasteiger partial charge in [-0.25, -0.2) is 0 Å². The molecule has 3 rings (SSSR count). The molecule has 1 heterocycles. The van der Waals surface area contributed by atoms with E-state index < -0.39 is 5.60 Å². The Morgan fingerprint density at radius 2 is 1.76 bits per heavy atom. The Morgan fingerprint density at radius 3 is 2.41 bits per heavy atom. The van der Waals surface area contributed by atoms with Gasteiger partial charge in [0.05, 0.1) is 18.8 Å². The van der Waals surface area contributed by atoms with Crippen LogP contribution in [-0.2, 0) is 4.74 Å². The first-order chi connectivity index (χ1) is 7.93. The smallest absolute Gasteiger partial charge is 0.0777 e. The summed E-state index contributed by atoms with van der Waals surface area (Å²) in [5.74, 6) is 1.57. The van der Waals surface area contributed by atoms with Crippen LogP contribution in [0.5, 0.6) is 0 Å². The van der Waals surface area contributed by atoms with Crippen LogP contribution in [0.15, 0.2) is 0 Å². The maximum Gasteiger partial charge on any atom is 0.0777 e. The van der Waals surface area contributed by atoms with E-state index in [-0.39, 0.29) is 0 Å². The summed E-state index contributed by atoms with van der Waals surface area (Å²) in [6.07, 6.45) is 2.15. The molecular formula is C14H25NO2. The van der Waals surface area contributed by atoms with Crippen LogP contribution in [0.2, 0.25) is 0 Å². The molecule has 2 aliphatic carbocycles. The summed E-state index contributed by atoms with van der Waals surface area (Å²) in [7, 11) is 0. The van der Waals surface area contributed by atoms with Gasteiger partial charge in [-0.1, -0.05) is 13.8 Å². The molecule has 3 heteroatoms. The van der Waals surface area contributed by atoms with Crippen LogP contribution in [0.3, 0.4) is 0 Å². The molecule has 98 valence electrons. The fourth-order valence-electron chi connectivity index (χ4n) is 4.24. The minimum absolute atomic E-state index is 0.342. The number of hydrogen-bond donors (Lipinski definition) is 1. The quantitative estimate of drug-likeness (QED) is 0.753. The molecule has 0 aromatic rings.